The predicted molar refractivity (Wildman–Crippen MR) is 113 cm³/mol. The van der Waals surface area contributed by atoms with Gasteiger partial charge in [-0.15, -0.1) is 11.8 Å². The van der Waals surface area contributed by atoms with Crippen molar-refractivity contribution < 1.29 is 14.3 Å². The van der Waals surface area contributed by atoms with Gasteiger partial charge in [-0.05, 0) is 42.2 Å². The van der Waals surface area contributed by atoms with Crippen LogP contribution in [-0.4, -0.2) is 44.4 Å². The standard InChI is InChI=1S/C21H25N3O3S/c1-15(25)23-17-5-8-19(20(13-17)24-9-11-27-12-10-24)21(26)22-14-16-3-6-18(28-2)7-4-16/h3-8,13H,9-12,14H2,1-2H3,(H,22,26)(H,23,25). The molecule has 7 heteroatoms. The van der Waals surface area contributed by atoms with E-state index in [1.165, 1.54) is 11.8 Å². The van der Waals surface area contributed by atoms with Crippen molar-refractivity contribution in [3.05, 3.63) is 53.6 Å². The van der Waals surface area contributed by atoms with Gasteiger partial charge in [-0.3, -0.25) is 9.59 Å². The molecule has 3 rings (SSSR count). The summed E-state index contributed by atoms with van der Waals surface area (Å²) in [5.74, 6) is -0.274. The second-order valence-electron chi connectivity index (χ2n) is 6.54. The first-order valence-electron chi connectivity index (χ1n) is 9.22. The Kier molecular flexibility index (Phi) is 6.95. The Labute approximate surface area is 169 Å². The van der Waals surface area contributed by atoms with Crippen LogP contribution in [0.5, 0.6) is 0 Å². The van der Waals surface area contributed by atoms with Crippen LogP contribution in [0.15, 0.2) is 47.4 Å². The van der Waals surface area contributed by atoms with Crippen molar-refractivity contribution in [2.45, 2.75) is 18.4 Å². The minimum Gasteiger partial charge on any atom is -0.378 e. The van der Waals surface area contributed by atoms with Gasteiger partial charge >= 0.3 is 0 Å². The molecule has 0 atom stereocenters. The largest absolute Gasteiger partial charge is 0.378 e. The SMILES string of the molecule is CSc1ccc(CNC(=O)c2ccc(NC(C)=O)cc2N2CCOCC2)cc1. The van der Waals surface area contributed by atoms with Crippen molar-refractivity contribution >= 4 is 35.0 Å². The Balaban J connectivity index is 1.77. The summed E-state index contributed by atoms with van der Waals surface area (Å²) in [4.78, 5) is 27.6. The van der Waals surface area contributed by atoms with Gasteiger partial charge in [0.2, 0.25) is 5.91 Å². The topological polar surface area (TPSA) is 70.7 Å². The molecular weight excluding hydrogens is 374 g/mol. The maximum Gasteiger partial charge on any atom is 0.253 e. The average molecular weight is 400 g/mol. The molecule has 0 aromatic heterocycles. The molecule has 1 saturated heterocycles. The third-order valence-corrected chi connectivity index (χ3v) is 5.27. The quantitative estimate of drug-likeness (QED) is 0.731. The van der Waals surface area contributed by atoms with Crippen LogP contribution in [0.2, 0.25) is 0 Å². The van der Waals surface area contributed by atoms with Crippen LogP contribution < -0.4 is 15.5 Å². The lowest BCUT2D eigenvalue weighted by Crippen LogP contribution is -2.38. The van der Waals surface area contributed by atoms with Crippen LogP contribution in [0.25, 0.3) is 0 Å². The number of benzene rings is 2. The van der Waals surface area contributed by atoms with Crippen molar-refractivity contribution in [1.82, 2.24) is 5.32 Å². The number of thioether (sulfide) groups is 1. The third kappa shape index (κ3) is 5.27. The van der Waals surface area contributed by atoms with Gasteiger partial charge in [-0.1, -0.05) is 12.1 Å². The van der Waals surface area contributed by atoms with Gasteiger partial charge in [0.25, 0.3) is 5.91 Å². The number of carbonyl (C=O) groups excluding carboxylic acids is 2. The van der Waals surface area contributed by atoms with Crippen LogP contribution in [0.4, 0.5) is 11.4 Å². The summed E-state index contributed by atoms with van der Waals surface area (Å²) in [5, 5.41) is 5.79. The van der Waals surface area contributed by atoms with Crippen molar-refractivity contribution in [3.63, 3.8) is 0 Å². The highest BCUT2D eigenvalue weighted by molar-refractivity contribution is 7.98. The van der Waals surface area contributed by atoms with Gasteiger partial charge in [0, 0.05) is 37.1 Å². The lowest BCUT2D eigenvalue weighted by atomic mass is 10.1. The van der Waals surface area contributed by atoms with E-state index in [0.29, 0.717) is 44.1 Å². The van der Waals surface area contributed by atoms with Crippen molar-refractivity contribution in [1.29, 1.82) is 0 Å². The molecule has 0 saturated carbocycles. The van der Waals surface area contributed by atoms with Crippen molar-refractivity contribution in [3.8, 4) is 0 Å². The molecule has 0 aliphatic carbocycles. The molecule has 2 N–H and O–H groups in total. The molecule has 148 valence electrons. The van der Waals surface area contributed by atoms with E-state index in [2.05, 4.69) is 15.5 Å². The number of morpholine rings is 1. The van der Waals surface area contributed by atoms with Crippen LogP contribution in [0.1, 0.15) is 22.8 Å². The normalized spacial score (nSPS) is 13.9. The summed E-state index contributed by atoms with van der Waals surface area (Å²) in [6.45, 7) is 4.58. The summed E-state index contributed by atoms with van der Waals surface area (Å²) < 4.78 is 5.43. The highest BCUT2D eigenvalue weighted by Crippen LogP contribution is 2.26. The molecule has 0 spiro atoms. The number of anilines is 2. The summed E-state index contributed by atoms with van der Waals surface area (Å²) >= 11 is 1.69. The zero-order chi connectivity index (χ0) is 19.9. The van der Waals surface area contributed by atoms with Crippen molar-refractivity contribution in [2.24, 2.45) is 0 Å². The van der Waals surface area contributed by atoms with Gasteiger partial charge in [-0.2, -0.15) is 0 Å². The fourth-order valence-electron chi connectivity index (χ4n) is 3.09. The number of carbonyl (C=O) groups is 2. The molecule has 2 aromatic carbocycles. The number of nitrogens with one attached hydrogen (secondary N) is 2. The zero-order valence-electron chi connectivity index (χ0n) is 16.2. The molecule has 1 aliphatic rings. The summed E-state index contributed by atoms with van der Waals surface area (Å²) in [7, 11) is 0. The Bertz CT molecular complexity index is 833. The first kappa shape index (κ1) is 20.2. The minimum absolute atomic E-state index is 0.134. The first-order chi connectivity index (χ1) is 13.6. The molecule has 1 fully saturated rings. The second-order valence-corrected chi connectivity index (χ2v) is 7.42. The van der Waals surface area contributed by atoms with Crippen LogP contribution in [-0.2, 0) is 16.1 Å². The van der Waals surface area contributed by atoms with E-state index in [4.69, 9.17) is 4.74 Å². The first-order valence-corrected chi connectivity index (χ1v) is 10.4. The molecule has 1 heterocycles. The van der Waals surface area contributed by atoms with Crippen LogP contribution >= 0.6 is 11.8 Å². The van der Waals surface area contributed by atoms with E-state index >= 15 is 0 Å². The Hall–Kier alpha value is -2.51. The van der Waals surface area contributed by atoms with Gasteiger partial charge in [0.1, 0.15) is 0 Å². The summed E-state index contributed by atoms with van der Waals surface area (Å²) in [6, 6.07) is 13.5. The summed E-state index contributed by atoms with van der Waals surface area (Å²) in [6.07, 6.45) is 2.04. The van der Waals surface area contributed by atoms with Gasteiger partial charge in [-0.25, -0.2) is 0 Å². The molecule has 2 aromatic rings. The number of hydrogen-bond acceptors (Lipinski definition) is 5. The van der Waals surface area contributed by atoms with E-state index in [0.717, 1.165) is 11.3 Å². The molecular formula is C21H25N3O3S. The van der Waals surface area contributed by atoms with E-state index in [1.807, 2.05) is 36.6 Å². The van der Waals surface area contributed by atoms with Gasteiger partial charge in [0.15, 0.2) is 0 Å². The second kappa shape index (κ2) is 9.61. The molecule has 6 nitrogen and oxygen atoms in total. The zero-order valence-corrected chi connectivity index (χ0v) is 17.0. The molecule has 2 amide bonds. The van der Waals surface area contributed by atoms with E-state index < -0.39 is 0 Å². The number of amides is 2. The van der Waals surface area contributed by atoms with E-state index in [9.17, 15) is 9.59 Å². The van der Waals surface area contributed by atoms with E-state index in [1.54, 1.807) is 23.9 Å². The Morgan fingerprint density at radius 3 is 2.46 bits per heavy atom. The van der Waals surface area contributed by atoms with Crippen molar-refractivity contribution in [2.75, 3.05) is 42.8 Å². The number of ether oxygens (including phenoxy) is 1. The van der Waals surface area contributed by atoms with Gasteiger partial charge in [0.05, 0.1) is 24.5 Å². The van der Waals surface area contributed by atoms with Crippen LogP contribution in [0.3, 0.4) is 0 Å². The Morgan fingerprint density at radius 2 is 1.82 bits per heavy atom. The fourth-order valence-corrected chi connectivity index (χ4v) is 3.50. The average Bonchev–Trinajstić information content (AvgIpc) is 2.72. The van der Waals surface area contributed by atoms with Crippen LogP contribution in [0, 0.1) is 0 Å². The molecule has 0 radical (unpaired) electrons. The highest BCUT2D eigenvalue weighted by Gasteiger charge is 2.19. The minimum atomic E-state index is -0.140. The third-order valence-electron chi connectivity index (χ3n) is 4.53. The predicted octanol–water partition coefficient (Wildman–Crippen LogP) is 3.13. The lowest BCUT2D eigenvalue weighted by molar-refractivity contribution is -0.114. The molecule has 0 unspecified atom stereocenters. The molecule has 0 bridgehead atoms. The summed E-state index contributed by atoms with van der Waals surface area (Å²) in [5.41, 5.74) is 3.13. The Morgan fingerprint density at radius 1 is 1.11 bits per heavy atom. The number of rotatable bonds is 6. The monoisotopic (exact) mass is 399 g/mol. The maximum absolute atomic E-state index is 12.9. The van der Waals surface area contributed by atoms with Gasteiger partial charge < -0.3 is 20.3 Å². The lowest BCUT2D eigenvalue weighted by Gasteiger charge is -2.30. The number of hydrogen-bond donors (Lipinski definition) is 2. The maximum atomic E-state index is 12.9. The smallest absolute Gasteiger partial charge is 0.253 e. The number of nitrogens with zero attached hydrogens (tertiary/aromatic N) is 1. The molecule has 1 aliphatic heterocycles. The molecule has 28 heavy (non-hydrogen) atoms. The highest BCUT2D eigenvalue weighted by atomic mass is 32.2. The van der Waals surface area contributed by atoms with E-state index in [-0.39, 0.29) is 11.8 Å². The fraction of sp³-hybridized carbons (Fsp3) is 0.333.